The molecule has 16 heavy (non-hydrogen) atoms. The molecule has 0 atom stereocenters. The first-order valence-corrected chi connectivity index (χ1v) is 5.06. The molecule has 0 radical (unpaired) electrons. The molecule has 0 aliphatic heterocycles. The fraction of sp³-hybridized carbons (Fsp3) is 0.364. The van der Waals surface area contributed by atoms with Crippen molar-refractivity contribution in [3.05, 3.63) is 24.0 Å². The second-order valence-electron chi connectivity index (χ2n) is 3.34. The Hall–Kier alpha value is -1.62. The fourth-order valence-corrected chi connectivity index (χ4v) is 1.11. The number of carbonyl (C=O) groups is 1. The third-order valence-electron chi connectivity index (χ3n) is 1.87. The maximum absolute atomic E-state index is 13.0. The van der Waals surface area contributed by atoms with Gasteiger partial charge in [-0.15, -0.1) is 0 Å². The maximum Gasteiger partial charge on any atom is 0.250 e. The van der Waals surface area contributed by atoms with Gasteiger partial charge in [0.25, 0.3) is 0 Å². The number of nitrogens with two attached hydrogens (primary N) is 1. The molecule has 5 heteroatoms. The average molecular weight is 226 g/mol. The van der Waals surface area contributed by atoms with Crippen molar-refractivity contribution < 1.29 is 13.9 Å². The van der Waals surface area contributed by atoms with Crippen LogP contribution in [0.25, 0.3) is 0 Å². The number of ether oxygens (including phenoxy) is 1. The molecule has 3 N–H and O–H groups in total. The quantitative estimate of drug-likeness (QED) is 0.594. The molecule has 0 saturated carbocycles. The zero-order valence-electron chi connectivity index (χ0n) is 9.13. The standard InChI is InChI=1S/C11H15FN2O2/c1-2-5-16-7-11(15)14-8-3-4-10(13)9(12)6-8/h3-4,6H,2,5,7,13H2,1H3,(H,14,15). The van der Waals surface area contributed by atoms with E-state index in [1.807, 2.05) is 6.92 Å². The molecule has 0 unspecified atom stereocenters. The van der Waals surface area contributed by atoms with Crippen molar-refractivity contribution in [1.29, 1.82) is 0 Å². The van der Waals surface area contributed by atoms with Gasteiger partial charge in [-0.2, -0.15) is 0 Å². The van der Waals surface area contributed by atoms with E-state index in [1.54, 1.807) is 0 Å². The van der Waals surface area contributed by atoms with Gasteiger partial charge in [0.05, 0.1) is 5.69 Å². The first-order chi connectivity index (χ1) is 7.63. The molecule has 0 heterocycles. The maximum atomic E-state index is 13.0. The van der Waals surface area contributed by atoms with Gasteiger partial charge in [0.2, 0.25) is 5.91 Å². The highest BCUT2D eigenvalue weighted by atomic mass is 19.1. The van der Waals surface area contributed by atoms with Crippen LogP contribution < -0.4 is 11.1 Å². The molecule has 0 aliphatic carbocycles. The number of hydrogen-bond acceptors (Lipinski definition) is 3. The number of hydrogen-bond donors (Lipinski definition) is 2. The van der Waals surface area contributed by atoms with E-state index in [0.29, 0.717) is 12.3 Å². The summed E-state index contributed by atoms with van der Waals surface area (Å²) < 4.78 is 18.1. The first-order valence-electron chi connectivity index (χ1n) is 5.06. The Morgan fingerprint density at radius 1 is 1.56 bits per heavy atom. The lowest BCUT2D eigenvalue weighted by atomic mass is 10.2. The minimum absolute atomic E-state index is 0.0279. The van der Waals surface area contributed by atoms with Gasteiger partial charge >= 0.3 is 0 Å². The van der Waals surface area contributed by atoms with Crippen molar-refractivity contribution in [2.45, 2.75) is 13.3 Å². The number of rotatable bonds is 5. The Labute approximate surface area is 93.6 Å². The number of benzene rings is 1. The number of halogens is 1. The molecule has 0 aromatic heterocycles. The summed E-state index contributed by atoms with van der Waals surface area (Å²) in [5, 5.41) is 2.51. The SMILES string of the molecule is CCCOCC(=O)Nc1ccc(N)c(F)c1. The number of anilines is 2. The van der Waals surface area contributed by atoms with Crippen LogP contribution in [0.15, 0.2) is 18.2 Å². The molecule has 1 aromatic carbocycles. The molecule has 88 valence electrons. The highest BCUT2D eigenvalue weighted by Crippen LogP contribution is 2.15. The highest BCUT2D eigenvalue weighted by molar-refractivity contribution is 5.91. The van der Waals surface area contributed by atoms with E-state index in [4.69, 9.17) is 10.5 Å². The van der Waals surface area contributed by atoms with Gasteiger partial charge in [0.15, 0.2) is 0 Å². The van der Waals surface area contributed by atoms with Gasteiger partial charge in [-0.25, -0.2) is 4.39 Å². The highest BCUT2D eigenvalue weighted by Gasteiger charge is 2.04. The van der Waals surface area contributed by atoms with E-state index in [1.165, 1.54) is 18.2 Å². The first kappa shape index (κ1) is 12.4. The van der Waals surface area contributed by atoms with Crippen LogP contribution in [0.1, 0.15) is 13.3 Å². The van der Waals surface area contributed by atoms with Gasteiger partial charge in [-0.05, 0) is 24.6 Å². The minimum atomic E-state index is -0.549. The van der Waals surface area contributed by atoms with Crippen molar-refractivity contribution >= 4 is 17.3 Å². The van der Waals surface area contributed by atoms with Gasteiger partial charge in [0.1, 0.15) is 12.4 Å². The number of carbonyl (C=O) groups excluding carboxylic acids is 1. The summed E-state index contributed by atoms with van der Waals surface area (Å²) in [6.45, 7) is 2.45. The van der Waals surface area contributed by atoms with Crippen LogP contribution in [0, 0.1) is 5.82 Å². The topological polar surface area (TPSA) is 64.3 Å². The lowest BCUT2D eigenvalue weighted by molar-refractivity contribution is -0.120. The Morgan fingerprint density at radius 3 is 2.94 bits per heavy atom. The van der Waals surface area contributed by atoms with E-state index in [-0.39, 0.29) is 18.2 Å². The van der Waals surface area contributed by atoms with E-state index >= 15 is 0 Å². The smallest absolute Gasteiger partial charge is 0.250 e. The van der Waals surface area contributed by atoms with E-state index in [0.717, 1.165) is 6.42 Å². The number of nitrogens with one attached hydrogen (secondary N) is 1. The molecule has 4 nitrogen and oxygen atoms in total. The molecular formula is C11H15FN2O2. The van der Waals surface area contributed by atoms with Crippen molar-refractivity contribution in [1.82, 2.24) is 0 Å². The van der Waals surface area contributed by atoms with E-state index in [2.05, 4.69) is 5.32 Å². The van der Waals surface area contributed by atoms with Crippen molar-refractivity contribution in [3.8, 4) is 0 Å². The zero-order valence-corrected chi connectivity index (χ0v) is 9.13. The largest absolute Gasteiger partial charge is 0.396 e. The molecule has 0 spiro atoms. The summed E-state index contributed by atoms with van der Waals surface area (Å²) in [5.74, 6) is -0.857. The molecule has 1 rings (SSSR count). The predicted octanol–water partition coefficient (Wildman–Crippen LogP) is 1.77. The van der Waals surface area contributed by atoms with Gasteiger partial charge in [0, 0.05) is 12.3 Å². The van der Waals surface area contributed by atoms with Crippen LogP contribution in [0.2, 0.25) is 0 Å². The zero-order chi connectivity index (χ0) is 12.0. The summed E-state index contributed by atoms with van der Waals surface area (Å²) in [5.41, 5.74) is 5.73. The van der Waals surface area contributed by atoms with Crippen LogP contribution in [0.3, 0.4) is 0 Å². The Morgan fingerprint density at radius 2 is 2.31 bits per heavy atom. The third kappa shape index (κ3) is 3.86. The Bertz CT molecular complexity index is 369. The molecule has 1 aromatic rings. The summed E-state index contributed by atoms with van der Waals surface area (Å²) >= 11 is 0. The molecule has 0 fully saturated rings. The van der Waals surface area contributed by atoms with Crippen LogP contribution in [-0.4, -0.2) is 19.1 Å². The molecule has 0 bridgehead atoms. The molecule has 1 amide bonds. The van der Waals surface area contributed by atoms with E-state index in [9.17, 15) is 9.18 Å². The van der Waals surface area contributed by atoms with Crippen LogP contribution in [0.4, 0.5) is 15.8 Å². The Kier molecular flexibility index (Phi) is 4.72. The average Bonchev–Trinajstić information content (AvgIpc) is 2.24. The second kappa shape index (κ2) is 6.07. The lowest BCUT2D eigenvalue weighted by Crippen LogP contribution is -2.18. The predicted molar refractivity (Wildman–Crippen MR) is 60.6 cm³/mol. The number of amides is 1. The van der Waals surface area contributed by atoms with Gasteiger partial charge in [-0.3, -0.25) is 4.79 Å². The summed E-state index contributed by atoms with van der Waals surface area (Å²) in [4.78, 5) is 11.3. The normalized spacial score (nSPS) is 10.1. The fourth-order valence-electron chi connectivity index (χ4n) is 1.11. The summed E-state index contributed by atoms with van der Waals surface area (Å²) in [6, 6.07) is 4.11. The van der Waals surface area contributed by atoms with Gasteiger partial charge in [-0.1, -0.05) is 6.92 Å². The van der Waals surface area contributed by atoms with Crippen molar-refractivity contribution in [2.75, 3.05) is 24.3 Å². The van der Waals surface area contributed by atoms with Crippen LogP contribution in [-0.2, 0) is 9.53 Å². The third-order valence-corrected chi connectivity index (χ3v) is 1.87. The van der Waals surface area contributed by atoms with Crippen molar-refractivity contribution in [2.24, 2.45) is 0 Å². The summed E-state index contributed by atoms with van der Waals surface area (Å²) in [7, 11) is 0. The molecule has 0 saturated heterocycles. The minimum Gasteiger partial charge on any atom is -0.396 e. The van der Waals surface area contributed by atoms with Crippen molar-refractivity contribution in [3.63, 3.8) is 0 Å². The molecule has 0 aliphatic rings. The van der Waals surface area contributed by atoms with Gasteiger partial charge < -0.3 is 15.8 Å². The lowest BCUT2D eigenvalue weighted by Gasteiger charge is -2.06. The summed E-state index contributed by atoms with van der Waals surface area (Å²) in [6.07, 6.45) is 0.851. The molecular weight excluding hydrogens is 211 g/mol. The van der Waals surface area contributed by atoms with Crippen LogP contribution >= 0.6 is 0 Å². The van der Waals surface area contributed by atoms with Crippen LogP contribution in [0.5, 0.6) is 0 Å². The Balaban J connectivity index is 2.46. The van der Waals surface area contributed by atoms with E-state index < -0.39 is 5.82 Å². The second-order valence-corrected chi connectivity index (χ2v) is 3.34. The number of nitrogen functional groups attached to an aromatic ring is 1. The monoisotopic (exact) mass is 226 g/mol.